The van der Waals surface area contributed by atoms with E-state index in [9.17, 15) is 9.59 Å². The molecule has 0 atom stereocenters. The van der Waals surface area contributed by atoms with Crippen molar-refractivity contribution in [2.75, 3.05) is 12.8 Å². The standard InChI is InChI=1S/C9H7N3O3/c1-15-9-6(10)2-3-7(11-4-13)8(9)12-5-14/h2-3H,10H2,1H3. The molecule has 0 aliphatic heterocycles. The van der Waals surface area contributed by atoms with E-state index in [0.29, 0.717) is 0 Å². The number of nitrogens with two attached hydrogens (primary N) is 1. The molecule has 0 fully saturated rings. The van der Waals surface area contributed by atoms with Crippen molar-refractivity contribution in [3.63, 3.8) is 0 Å². The Labute approximate surface area is 85.1 Å². The number of hydrogen-bond acceptors (Lipinski definition) is 6. The molecule has 0 heterocycles. The molecule has 0 aromatic heterocycles. The molecule has 0 bridgehead atoms. The molecule has 2 N–H and O–H groups in total. The van der Waals surface area contributed by atoms with Crippen LogP contribution in [0.1, 0.15) is 0 Å². The first-order valence-electron chi connectivity index (χ1n) is 3.86. The lowest BCUT2D eigenvalue weighted by atomic mass is 10.2. The topological polar surface area (TPSA) is 94.1 Å². The van der Waals surface area contributed by atoms with Gasteiger partial charge in [-0.3, -0.25) is 0 Å². The Morgan fingerprint density at radius 3 is 2.47 bits per heavy atom. The summed E-state index contributed by atoms with van der Waals surface area (Å²) < 4.78 is 4.93. The van der Waals surface area contributed by atoms with Crippen LogP contribution in [0.5, 0.6) is 5.75 Å². The summed E-state index contributed by atoms with van der Waals surface area (Å²) in [5, 5.41) is 0. The second kappa shape index (κ2) is 4.72. The average Bonchev–Trinajstić information content (AvgIpc) is 2.23. The molecule has 0 saturated heterocycles. The van der Waals surface area contributed by atoms with Crippen LogP contribution < -0.4 is 10.5 Å². The first-order valence-corrected chi connectivity index (χ1v) is 3.86. The summed E-state index contributed by atoms with van der Waals surface area (Å²) in [6.45, 7) is 0. The molecule has 1 aromatic carbocycles. The van der Waals surface area contributed by atoms with E-state index in [2.05, 4.69) is 9.98 Å². The highest BCUT2D eigenvalue weighted by molar-refractivity contribution is 5.80. The van der Waals surface area contributed by atoms with E-state index in [0.717, 1.165) is 0 Å². The number of hydrogen-bond donors (Lipinski definition) is 1. The highest BCUT2D eigenvalue weighted by atomic mass is 16.5. The fourth-order valence-corrected chi connectivity index (χ4v) is 1.08. The van der Waals surface area contributed by atoms with Gasteiger partial charge in [0.15, 0.2) is 5.75 Å². The van der Waals surface area contributed by atoms with Crippen LogP contribution in [0.3, 0.4) is 0 Å². The number of anilines is 1. The van der Waals surface area contributed by atoms with E-state index < -0.39 is 0 Å². The molecule has 6 nitrogen and oxygen atoms in total. The normalized spacial score (nSPS) is 8.60. The molecule has 0 saturated carbocycles. The van der Waals surface area contributed by atoms with Gasteiger partial charge in [-0.15, -0.1) is 0 Å². The first kappa shape index (κ1) is 10.7. The zero-order valence-electron chi connectivity index (χ0n) is 7.85. The number of isocyanates is 2. The van der Waals surface area contributed by atoms with Crippen molar-refractivity contribution in [3.05, 3.63) is 12.1 Å². The van der Waals surface area contributed by atoms with Gasteiger partial charge in [-0.2, -0.15) is 9.98 Å². The van der Waals surface area contributed by atoms with Crippen molar-refractivity contribution in [3.8, 4) is 5.75 Å². The summed E-state index contributed by atoms with van der Waals surface area (Å²) in [5.74, 6) is 0.176. The highest BCUT2D eigenvalue weighted by Crippen LogP contribution is 2.41. The van der Waals surface area contributed by atoms with Gasteiger partial charge in [0.05, 0.1) is 12.8 Å². The van der Waals surface area contributed by atoms with Gasteiger partial charge in [-0.1, -0.05) is 0 Å². The third-order valence-corrected chi connectivity index (χ3v) is 1.67. The van der Waals surface area contributed by atoms with Crippen LogP contribution in [-0.2, 0) is 9.59 Å². The summed E-state index contributed by atoms with van der Waals surface area (Å²) in [6.07, 6.45) is 2.68. The molecule has 76 valence electrons. The minimum absolute atomic E-state index is 0.0656. The molecule has 15 heavy (non-hydrogen) atoms. The zero-order valence-corrected chi connectivity index (χ0v) is 7.85. The Kier molecular flexibility index (Phi) is 3.35. The number of rotatable bonds is 3. The predicted molar refractivity (Wildman–Crippen MR) is 53.0 cm³/mol. The van der Waals surface area contributed by atoms with Crippen LogP contribution in [0, 0.1) is 0 Å². The van der Waals surface area contributed by atoms with E-state index in [-0.39, 0.29) is 22.8 Å². The van der Waals surface area contributed by atoms with Crippen LogP contribution >= 0.6 is 0 Å². The zero-order chi connectivity index (χ0) is 11.3. The van der Waals surface area contributed by atoms with Crippen molar-refractivity contribution < 1.29 is 14.3 Å². The first-order chi connectivity index (χ1) is 7.24. The van der Waals surface area contributed by atoms with Gasteiger partial charge in [0, 0.05) is 0 Å². The maximum absolute atomic E-state index is 10.2. The van der Waals surface area contributed by atoms with E-state index in [4.69, 9.17) is 10.5 Å². The van der Waals surface area contributed by atoms with E-state index in [1.165, 1.54) is 31.4 Å². The second-order valence-electron chi connectivity index (χ2n) is 2.46. The monoisotopic (exact) mass is 205 g/mol. The Morgan fingerprint density at radius 1 is 1.27 bits per heavy atom. The van der Waals surface area contributed by atoms with Crippen LogP contribution in [0.2, 0.25) is 0 Å². The van der Waals surface area contributed by atoms with Gasteiger partial charge in [0.25, 0.3) is 0 Å². The lowest BCUT2D eigenvalue weighted by Gasteiger charge is -2.07. The van der Waals surface area contributed by atoms with Crippen molar-refractivity contribution in [1.82, 2.24) is 0 Å². The van der Waals surface area contributed by atoms with E-state index in [1.807, 2.05) is 0 Å². The van der Waals surface area contributed by atoms with Gasteiger partial charge in [-0.05, 0) is 12.1 Å². The number of carbonyl (C=O) groups excluding carboxylic acids is 2. The number of nitrogens with zero attached hydrogens (tertiary/aromatic N) is 2. The third kappa shape index (κ3) is 2.08. The molecule has 1 aromatic rings. The lowest BCUT2D eigenvalue weighted by molar-refractivity contribution is 0.418. The van der Waals surface area contributed by atoms with Crippen LogP contribution in [-0.4, -0.2) is 19.3 Å². The SMILES string of the molecule is COc1c(N)ccc(N=C=O)c1N=C=O. The van der Waals surface area contributed by atoms with Crippen LogP contribution in [0.25, 0.3) is 0 Å². The largest absolute Gasteiger partial charge is 0.492 e. The summed E-state index contributed by atoms with van der Waals surface area (Å²) in [6, 6.07) is 2.91. The van der Waals surface area contributed by atoms with Crippen LogP contribution in [0.15, 0.2) is 22.1 Å². The van der Waals surface area contributed by atoms with Gasteiger partial charge in [0.1, 0.15) is 11.4 Å². The second-order valence-corrected chi connectivity index (χ2v) is 2.46. The van der Waals surface area contributed by atoms with Gasteiger partial charge in [0.2, 0.25) is 12.2 Å². The maximum atomic E-state index is 10.2. The predicted octanol–water partition coefficient (Wildman–Crippen LogP) is 1.21. The summed E-state index contributed by atoms with van der Waals surface area (Å²) >= 11 is 0. The smallest absolute Gasteiger partial charge is 0.240 e. The van der Waals surface area contributed by atoms with Crippen molar-refractivity contribution in [2.24, 2.45) is 9.98 Å². The molecular weight excluding hydrogens is 198 g/mol. The molecule has 0 amide bonds. The van der Waals surface area contributed by atoms with Crippen molar-refractivity contribution in [1.29, 1.82) is 0 Å². The molecule has 0 aliphatic rings. The molecule has 6 heteroatoms. The summed E-state index contributed by atoms with van der Waals surface area (Å²) in [7, 11) is 1.37. The van der Waals surface area contributed by atoms with E-state index in [1.54, 1.807) is 0 Å². The number of nitrogen functional groups attached to an aromatic ring is 1. The summed E-state index contributed by atoms with van der Waals surface area (Å²) in [5.41, 5.74) is 6.08. The number of aliphatic imine (C=N–C) groups is 2. The average molecular weight is 205 g/mol. The van der Waals surface area contributed by atoms with Crippen molar-refractivity contribution >= 4 is 29.2 Å². The molecule has 0 radical (unpaired) electrons. The third-order valence-electron chi connectivity index (χ3n) is 1.67. The molecule has 0 unspecified atom stereocenters. The van der Waals surface area contributed by atoms with Gasteiger partial charge < -0.3 is 10.5 Å². The lowest BCUT2D eigenvalue weighted by Crippen LogP contribution is -1.92. The Balaban J connectivity index is 3.54. The minimum Gasteiger partial charge on any atom is -0.492 e. The van der Waals surface area contributed by atoms with Gasteiger partial charge in [-0.25, -0.2) is 9.59 Å². The molecule has 0 aliphatic carbocycles. The number of methoxy groups -OCH3 is 1. The maximum Gasteiger partial charge on any atom is 0.240 e. The minimum atomic E-state index is 0.0656. The number of ether oxygens (including phenoxy) is 1. The fraction of sp³-hybridized carbons (Fsp3) is 0.111. The molecular formula is C9H7N3O3. The fourth-order valence-electron chi connectivity index (χ4n) is 1.08. The van der Waals surface area contributed by atoms with Crippen molar-refractivity contribution in [2.45, 2.75) is 0 Å². The Morgan fingerprint density at radius 2 is 1.93 bits per heavy atom. The summed E-state index contributed by atoms with van der Waals surface area (Å²) in [4.78, 5) is 27.0. The molecule has 1 rings (SSSR count). The Hall–Kier alpha value is -2.42. The van der Waals surface area contributed by atoms with Crippen LogP contribution in [0.4, 0.5) is 17.1 Å². The quantitative estimate of drug-likeness (QED) is 0.455. The molecule has 0 spiro atoms. The van der Waals surface area contributed by atoms with E-state index >= 15 is 0 Å². The Bertz CT molecular complexity index is 472. The highest BCUT2D eigenvalue weighted by Gasteiger charge is 2.11. The van der Waals surface area contributed by atoms with Gasteiger partial charge >= 0.3 is 0 Å². The number of benzene rings is 1.